The molecule has 0 aliphatic rings. The van der Waals surface area contributed by atoms with Crippen LogP contribution in [0, 0.1) is 24.4 Å². The Kier molecular flexibility index (Phi) is 2.67. The van der Waals surface area contributed by atoms with Gasteiger partial charge in [-0.15, -0.1) is 0 Å². The van der Waals surface area contributed by atoms with Gasteiger partial charge in [0.2, 0.25) is 0 Å². The van der Waals surface area contributed by atoms with Crippen molar-refractivity contribution in [1.82, 2.24) is 9.55 Å². The molecule has 0 bridgehead atoms. The summed E-state index contributed by atoms with van der Waals surface area (Å²) in [5, 5.41) is 0. The number of hydrogen-bond donors (Lipinski definition) is 1. The lowest BCUT2D eigenvalue weighted by Crippen LogP contribution is -2.04. The Morgan fingerprint density at radius 1 is 1.05 bits per heavy atom. The monoisotopic (exact) mass is 277 g/mol. The van der Waals surface area contributed by atoms with E-state index in [1.807, 2.05) is 0 Å². The molecule has 0 atom stereocenters. The Balaban J connectivity index is 2.38. The van der Waals surface area contributed by atoms with Gasteiger partial charge in [0.15, 0.2) is 11.6 Å². The molecule has 1 heterocycles. The van der Waals surface area contributed by atoms with Gasteiger partial charge in [0.1, 0.15) is 17.3 Å². The number of anilines is 1. The molecule has 0 saturated carbocycles. The highest BCUT2D eigenvalue weighted by Gasteiger charge is 2.18. The topological polar surface area (TPSA) is 43.8 Å². The maximum Gasteiger partial charge on any atom is 0.153 e. The molecule has 0 radical (unpaired) electrons. The summed E-state index contributed by atoms with van der Waals surface area (Å²) in [4.78, 5) is 4.21. The van der Waals surface area contributed by atoms with E-state index >= 15 is 0 Å². The number of nitrogens with zero attached hydrogens (tertiary/aromatic N) is 2. The van der Waals surface area contributed by atoms with E-state index in [1.54, 1.807) is 25.1 Å². The summed E-state index contributed by atoms with van der Waals surface area (Å²) in [7, 11) is 0. The van der Waals surface area contributed by atoms with Crippen LogP contribution in [-0.2, 0) is 0 Å². The average molecular weight is 277 g/mol. The normalized spacial score (nSPS) is 11.2. The number of aromatic nitrogens is 2. The molecule has 0 spiro atoms. The van der Waals surface area contributed by atoms with Gasteiger partial charge >= 0.3 is 0 Å². The fourth-order valence-electron chi connectivity index (χ4n) is 2.25. The quantitative estimate of drug-likeness (QED) is 0.693. The molecule has 0 unspecified atom stereocenters. The fourth-order valence-corrected chi connectivity index (χ4v) is 2.25. The van der Waals surface area contributed by atoms with E-state index in [2.05, 4.69) is 4.98 Å². The number of rotatable bonds is 1. The van der Waals surface area contributed by atoms with Crippen LogP contribution in [0.1, 0.15) is 5.82 Å². The Morgan fingerprint density at radius 3 is 2.35 bits per heavy atom. The van der Waals surface area contributed by atoms with Gasteiger partial charge in [-0.1, -0.05) is 0 Å². The maximum absolute atomic E-state index is 13.9. The lowest BCUT2D eigenvalue weighted by molar-refractivity contribution is 0.534. The zero-order valence-electron chi connectivity index (χ0n) is 10.5. The van der Waals surface area contributed by atoms with Crippen LogP contribution in [0.4, 0.5) is 18.9 Å². The summed E-state index contributed by atoms with van der Waals surface area (Å²) < 4.78 is 42.1. The smallest absolute Gasteiger partial charge is 0.153 e. The molecular formula is C14H10F3N3. The number of fused-ring (bicyclic) bond motifs is 1. The fraction of sp³-hybridized carbons (Fsp3) is 0.0714. The first-order valence-electron chi connectivity index (χ1n) is 5.87. The van der Waals surface area contributed by atoms with Gasteiger partial charge in [-0.3, -0.25) is 4.57 Å². The van der Waals surface area contributed by atoms with Crippen molar-refractivity contribution in [2.45, 2.75) is 6.92 Å². The molecule has 3 aromatic rings. The van der Waals surface area contributed by atoms with Gasteiger partial charge in [-0.25, -0.2) is 18.2 Å². The molecule has 6 heteroatoms. The summed E-state index contributed by atoms with van der Waals surface area (Å²) in [5.74, 6) is -2.55. The number of hydrogen-bond acceptors (Lipinski definition) is 2. The van der Waals surface area contributed by atoms with Crippen molar-refractivity contribution in [3.05, 3.63) is 53.6 Å². The van der Waals surface area contributed by atoms with Gasteiger partial charge in [0, 0.05) is 17.8 Å². The summed E-state index contributed by atoms with van der Waals surface area (Å²) in [6.07, 6.45) is 0. The van der Waals surface area contributed by atoms with Crippen LogP contribution >= 0.6 is 0 Å². The van der Waals surface area contributed by atoms with Crippen molar-refractivity contribution < 1.29 is 13.2 Å². The molecule has 2 aromatic carbocycles. The molecule has 2 N–H and O–H groups in total. The van der Waals surface area contributed by atoms with Crippen LogP contribution in [-0.4, -0.2) is 9.55 Å². The third-order valence-electron chi connectivity index (χ3n) is 3.05. The highest BCUT2D eigenvalue weighted by atomic mass is 19.1. The van der Waals surface area contributed by atoms with E-state index < -0.39 is 17.5 Å². The summed E-state index contributed by atoms with van der Waals surface area (Å²) in [6.45, 7) is 1.61. The molecule has 0 fully saturated rings. The molecule has 20 heavy (non-hydrogen) atoms. The van der Waals surface area contributed by atoms with E-state index in [4.69, 9.17) is 5.73 Å². The zero-order valence-corrected chi connectivity index (χ0v) is 10.5. The standard InChI is InChI=1S/C14H10F3N3/c1-7-19-12-6-9(18)2-3-13(12)20(7)14-10(16)4-8(15)5-11(14)17/h2-6H,18H2,1H3. The predicted octanol–water partition coefficient (Wildman–Crippen LogP) is 3.33. The van der Waals surface area contributed by atoms with Crippen molar-refractivity contribution in [2.75, 3.05) is 5.73 Å². The first-order chi connectivity index (χ1) is 9.47. The van der Waals surface area contributed by atoms with Gasteiger partial charge in [0.25, 0.3) is 0 Å². The number of nitrogen functional groups attached to an aromatic ring is 1. The first kappa shape index (κ1) is 12.5. The number of nitrogens with two attached hydrogens (primary N) is 1. The highest BCUT2D eigenvalue weighted by molar-refractivity contribution is 5.81. The lowest BCUT2D eigenvalue weighted by atomic mass is 10.2. The predicted molar refractivity (Wildman–Crippen MR) is 70.1 cm³/mol. The second-order valence-electron chi connectivity index (χ2n) is 4.46. The van der Waals surface area contributed by atoms with Gasteiger partial charge in [-0.05, 0) is 25.1 Å². The van der Waals surface area contributed by atoms with Crippen LogP contribution in [0.3, 0.4) is 0 Å². The minimum absolute atomic E-state index is 0.351. The molecule has 0 aliphatic heterocycles. The van der Waals surface area contributed by atoms with Crippen LogP contribution in [0.5, 0.6) is 0 Å². The minimum Gasteiger partial charge on any atom is -0.399 e. The maximum atomic E-state index is 13.9. The largest absolute Gasteiger partial charge is 0.399 e. The molecule has 0 saturated heterocycles. The lowest BCUT2D eigenvalue weighted by Gasteiger charge is -2.09. The van der Waals surface area contributed by atoms with E-state index in [0.29, 0.717) is 34.7 Å². The number of imidazole rings is 1. The molecular weight excluding hydrogens is 267 g/mol. The van der Waals surface area contributed by atoms with Crippen LogP contribution in [0.15, 0.2) is 30.3 Å². The van der Waals surface area contributed by atoms with Crippen LogP contribution in [0.25, 0.3) is 16.7 Å². The van der Waals surface area contributed by atoms with Crippen molar-refractivity contribution in [2.24, 2.45) is 0 Å². The molecule has 0 amide bonds. The molecule has 1 aromatic heterocycles. The van der Waals surface area contributed by atoms with E-state index in [9.17, 15) is 13.2 Å². The molecule has 3 nitrogen and oxygen atoms in total. The van der Waals surface area contributed by atoms with Crippen molar-refractivity contribution in [3.8, 4) is 5.69 Å². The second-order valence-corrected chi connectivity index (χ2v) is 4.46. The van der Waals surface area contributed by atoms with Crippen LogP contribution < -0.4 is 5.73 Å². The zero-order chi connectivity index (χ0) is 14.4. The Labute approximate surface area is 112 Å². The SMILES string of the molecule is Cc1nc2cc(N)ccc2n1-c1c(F)cc(F)cc1F. The third kappa shape index (κ3) is 1.80. The summed E-state index contributed by atoms with van der Waals surface area (Å²) in [6, 6.07) is 6.12. The first-order valence-corrected chi connectivity index (χ1v) is 5.87. The van der Waals surface area contributed by atoms with Crippen LogP contribution in [0.2, 0.25) is 0 Å². The Hall–Kier alpha value is -2.50. The molecule has 0 aliphatic carbocycles. The van der Waals surface area contributed by atoms with E-state index in [0.717, 1.165) is 0 Å². The van der Waals surface area contributed by atoms with Crippen molar-refractivity contribution in [3.63, 3.8) is 0 Å². The Morgan fingerprint density at radius 2 is 1.70 bits per heavy atom. The second kappa shape index (κ2) is 4.26. The third-order valence-corrected chi connectivity index (χ3v) is 3.05. The minimum atomic E-state index is -0.985. The number of halogens is 3. The van der Waals surface area contributed by atoms with Gasteiger partial charge in [-0.2, -0.15) is 0 Å². The number of aryl methyl sites for hydroxylation is 1. The van der Waals surface area contributed by atoms with Gasteiger partial charge < -0.3 is 5.73 Å². The molecule has 3 rings (SSSR count). The average Bonchev–Trinajstić information content (AvgIpc) is 2.64. The van der Waals surface area contributed by atoms with Gasteiger partial charge in [0.05, 0.1) is 11.0 Å². The van der Waals surface area contributed by atoms with E-state index in [-0.39, 0.29) is 5.69 Å². The van der Waals surface area contributed by atoms with Crippen molar-refractivity contribution in [1.29, 1.82) is 0 Å². The summed E-state index contributed by atoms with van der Waals surface area (Å²) in [5.41, 5.74) is 6.83. The number of benzene rings is 2. The van der Waals surface area contributed by atoms with E-state index in [1.165, 1.54) is 4.57 Å². The van der Waals surface area contributed by atoms with Crippen molar-refractivity contribution >= 4 is 16.7 Å². The highest BCUT2D eigenvalue weighted by Crippen LogP contribution is 2.27. The molecule has 102 valence electrons. The Bertz CT molecular complexity index is 801. The summed E-state index contributed by atoms with van der Waals surface area (Å²) >= 11 is 0.